The highest BCUT2D eigenvalue weighted by atomic mass is 32.2. The Morgan fingerprint density at radius 1 is 1.37 bits per heavy atom. The maximum Gasteiger partial charge on any atom is 0.240 e. The Balaban J connectivity index is 2.52. The molecule has 0 bridgehead atoms. The van der Waals surface area contributed by atoms with Crippen molar-refractivity contribution >= 4 is 10.0 Å². The lowest BCUT2D eigenvalue weighted by molar-refractivity contribution is 0.0913. The number of aryl methyl sites for hydroxylation is 1. The van der Waals surface area contributed by atoms with Crippen LogP contribution in [0.4, 0.5) is 4.39 Å². The maximum absolute atomic E-state index is 12.9. The molecule has 0 saturated heterocycles. The minimum Gasteiger partial charge on any atom is -0.394 e. The topological polar surface area (TPSA) is 75.6 Å². The second-order valence-corrected chi connectivity index (χ2v) is 5.73. The average Bonchev–Trinajstić information content (AvgIpc) is 2.33. The van der Waals surface area contributed by atoms with Gasteiger partial charge in [-0.25, -0.2) is 17.5 Å². The van der Waals surface area contributed by atoms with Crippen LogP contribution in [0.3, 0.4) is 0 Å². The zero-order valence-corrected chi connectivity index (χ0v) is 11.5. The van der Waals surface area contributed by atoms with Gasteiger partial charge in [0.2, 0.25) is 10.0 Å². The Morgan fingerprint density at radius 2 is 2.11 bits per heavy atom. The highest BCUT2D eigenvalue weighted by Crippen LogP contribution is 2.15. The first-order valence-electron chi connectivity index (χ1n) is 5.92. The molecule has 1 aromatic rings. The molecule has 0 fully saturated rings. The number of nitrogens with one attached hydrogen (secondary N) is 1. The van der Waals surface area contributed by atoms with Gasteiger partial charge in [-0.15, -0.1) is 0 Å². The van der Waals surface area contributed by atoms with Crippen molar-refractivity contribution < 1.29 is 22.7 Å². The van der Waals surface area contributed by atoms with E-state index < -0.39 is 15.8 Å². The molecule has 7 heteroatoms. The molecule has 2 N–H and O–H groups in total. The molecule has 0 atom stereocenters. The lowest BCUT2D eigenvalue weighted by atomic mass is 10.2. The highest BCUT2D eigenvalue weighted by molar-refractivity contribution is 7.89. The van der Waals surface area contributed by atoms with Gasteiger partial charge in [-0.3, -0.25) is 0 Å². The third-order valence-corrected chi connectivity index (χ3v) is 4.04. The molecule has 0 aliphatic rings. The minimum atomic E-state index is -3.62. The summed E-state index contributed by atoms with van der Waals surface area (Å²) in [6.45, 7) is 2.32. The van der Waals surface area contributed by atoms with E-state index in [0.29, 0.717) is 18.6 Å². The molecular weight excluding hydrogens is 273 g/mol. The van der Waals surface area contributed by atoms with Crippen molar-refractivity contribution in [3.05, 3.63) is 29.6 Å². The molecule has 0 heterocycles. The number of sulfonamides is 1. The molecule has 0 unspecified atom stereocenters. The number of benzene rings is 1. The first-order chi connectivity index (χ1) is 8.97. The first kappa shape index (κ1) is 16.0. The second-order valence-electron chi connectivity index (χ2n) is 4.00. The van der Waals surface area contributed by atoms with Crippen molar-refractivity contribution in [1.82, 2.24) is 4.72 Å². The van der Waals surface area contributed by atoms with Crippen molar-refractivity contribution in [2.75, 3.05) is 26.4 Å². The van der Waals surface area contributed by atoms with Crippen LogP contribution < -0.4 is 4.72 Å². The minimum absolute atomic E-state index is 0.0551. The molecule has 0 saturated carbocycles. The van der Waals surface area contributed by atoms with E-state index >= 15 is 0 Å². The highest BCUT2D eigenvalue weighted by Gasteiger charge is 2.16. The fourth-order valence-electron chi connectivity index (χ4n) is 1.54. The summed E-state index contributed by atoms with van der Waals surface area (Å²) in [6, 6.07) is 3.54. The van der Waals surface area contributed by atoms with Gasteiger partial charge in [-0.1, -0.05) is 0 Å². The third-order valence-electron chi connectivity index (χ3n) is 2.42. The summed E-state index contributed by atoms with van der Waals surface area (Å²) in [5.41, 5.74) is 0.365. The van der Waals surface area contributed by atoms with Crippen LogP contribution in [-0.4, -0.2) is 39.9 Å². The molecule has 0 amide bonds. The number of aliphatic hydroxyl groups is 1. The molecule has 1 aromatic carbocycles. The van der Waals surface area contributed by atoms with Crippen LogP contribution in [0.15, 0.2) is 23.1 Å². The van der Waals surface area contributed by atoms with Gasteiger partial charge in [0.15, 0.2) is 0 Å². The molecular formula is C12H18FNO4S. The van der Waals surface area contributed by atoms with Crippen LogP contribution in [0, 0.1) is 12.7 Å². The Kier molecular flexibility index (Phi) is 6.36. The summed E-state index contributed by atoms with van der Waals surface area (Å²) in [5, 5.41) is 8.49. The molecule has 0 aliphatic carbocycles. The Hall–Kier alpha value is -1.02. The average molecular weight is 291 g/mol. The van der Waals surface area contributed by atoms with Gasteiger partial charge in [-0.2, -0.15) is 0 Å². The van der Waals surface area contributed by atoms with E-state index in [1.807, 2.05) is 0 Å². The quantitative estimate of drug-likeness (QED) is 0.695. The number of halogens is 1. The van der Waals surface area contributed by atoms with Gasteiger partial charge in [0.05, 0.1) is 18.1 Å². The number of rotatable bonds is 8. The Labute approximate surface area is 112 Å². The lowest BCUT2D eigenvalue weighted by Gasteiger charge is -2.09. The standard InChI is InChI=1S/C12H18FNO4S/c1-10-9-11(13)3-4-12(10)19(16,17)14-5-2-7-18-8-6-15/h3-4,9,14-15H,2,5-8H2,1H3. The zero-order chi connectivity index (χ0) is 14.3. The fraction of sp³-hybridized carbons (Fsp3) is 0.500. The van der Waals surface area contributed by atoms with Crippen molar-refractivity contribution in [3.8, 4) is 0 Å². The van der Waals surface area contributed by atoms with Gasteiger partial charge in [-0.05, 0) is 37.1 Å². The van der Waals surface area contributed by atoms with Crippen molar-refractivity contribution in [1.29, 1.82) is 0 Å². The molecule has 108 valence electrons. The number of hydrogen-bond acceptors (Lipinski definition) is 4. The van der Waals surface area contributed by atoms with Crippen LogP contribution >= 0.6 is 0 Å². The number of hydrogen-bond donors (Lipinski definition) is 2. The number of aliphatic hydroxyl groups excluding tert-OH is 1. The summed E-state index contributed by atoms with van der Waals surface area (Å²) in [6.07, 6.45) is 0.499. The first-order valence-corrected chi connectivity index (χ1v) is 7.40. The normalized spacial score (nSPS) is 11.7. The summed E-state index contributed by atoms with van der Waals surface area (Å²) < 4.78 is 44.2. The van der Waals surface area contributed by atoms with Gasteiger partial charge < -0.3 is 9.84 Å². The van der Waals surface area contributed by atoms with Crippen molar-refractivity contribution in [3.63, 3.8) is 0 Å². The predicted molar refractivity (Wildman–Crippen MR) is 68.8 cm³/mol. The summed E-state index contributed by atoms with van der Waals surface area (Å²) in [5.74, 6) is -0.464. The van der Waals surface area contributed by atoms with Crippen LogP contribution in [0.1, 0.15) is 12.0 Å². The molecule has 0 aromatic heterocycles. The molecule has 1 rings (SSSR count). The molecule has 19 heavy (non-hydrogen) atoms. The van der Waals surface area contributed by atoms with Crippen molar-refractivity contribution in [2.24, 2.45) is 0 Å². The largest absolute Gasteiger partial charge is 0.394 e. The van der Waals surface area contributed by atoms with E-state index in [1.165, 1.54) is 12.1 Å². The van der Waals surface area contributed by atoms with E-state index in [-0.39, 0.29) is 24.7 Å². The molecule has 0 spiro atoms. The smallest absolute Gasteiger partial charge is 0.240 e. The lowest BCUT2D eigenvalue weighted by Crippen LogP contribution is -2.26. The maximum atomic E-state index is 12.9. The van der Waals surface area contributed by atoms with Crippen LogP contribution in [-0.2, 0) is 14.8 Å². The van der Waals surface area contributed by atoms with E-state index in [4.69, 9.17) is 9.84 Å². The van der Waals surface area contributed by atoms with E-state index in [1.54, 1.807) is 6.92 Å². The summed E-state index contributed by atoms with van der Waals surface area (Å²) in [4.78, 5) is 0.0742. The van der Waals surface area contributed by atoms with Crippen LogP contribution in [0.2, 0.25) is 0 Å². The van der Waals surface area contributed by atoms with Gasteiger partial charge in [0, 0.05) is 13.2 Å². The van der Waals surface area contributed by atoms with Gasteiger partial charge in [0.1, 0.15) is 5.82 Å². The number of ether oxygens (including phenoxy) is 1. The SMILES string of the molecule is Cc1cc(F)ccc1S(=O)(=O)NCCCOCCO. The summed E-state index contributed by atoms with van der Waals surface area (Å²) >= 11 is 0. The monoisotopic (exact) mass is 291 g/mol. The van der Waals surface area contributed by atoms with Crippen LogP contribution in [0.25, 0.3) is 0 Å². The third kappa shape index (κ3) is 5.23. The molecule has 0 aliphatic heterocycles. The van der Waals surface area contributed by atoms with Crippen LogP contribution in [0.5, 0.6) is 0 Å². The Bertz CT molecular complexity index is 504. The van der Waals surface area contributed by atoms with E-state index in [9.17, 15) is 12.8 Å². The molecule has 0 radical (unpaired) electrons. The summed E-state index contributed by atoms with van der Waals surface area (Å²) in [7, 11) is -3.62. The van der Waals surface area contributed by atoms with E-state index in [0.717, 1.165) is 6.07 Å². The second kappa shape index (κ2) is 7.54. The predicted octanol–water partition coefficient (Wildman–Crippen LogP) is 0.811. The van der Waals surface area contributed by atoms with Gasteiger partial charge >= 0.3 is 0 Å². The zero-order valence-electron chi connectivity index (χ0n) is 10.7. The van der Waals surface area contributed by atoms with Gasteiger partial charge in [0.25, 0.3) is 0 Å². The Morgan fingerprint density at radius 3 is 2.74 bits per heavy atom. The van der Waals surface area contributed by atoms with Crippen molar-refractivity contribution in [2.45, 2.75) is 18.2 Å². The molecule has 5 nitrogen and oxygen atoms in total. The fourth-order valence-corrected chi connectivity index (χ4v) is 2.84. The van der Waals surface area contributed by atoms with E-state index in [2.05, 4.69) is 4.72 Å².